The van der Waals surface area contributed by atoms with Crippen LogP contribution in [-0.2, 0) is 16.1 Å². The van der Waals surface area contributed by atoms with E-state index in [0.29, 0.717) is 6.54 Å². The lowest BCUT2D eigenvalue weighted by atomic mass is 10.0. The van der Waals surface area contributed by atoms with E-state index in [1.165, 1.54) is 0 Å². The molecule has 6 heteroatoms. The van der Waals surface area contributed by atoms with Crippen molar-refractivity contribution in [3.63, 3.8) is 0 Å². The molecule has 1 aromatic carbocycles. The molecule has 0 atom stereocenters. The van der Waals surface area contributed by atoms with E-state index in [0.717, 1.165) is 10.5 Å². The van der Waals surface area contributed by atoms with Gasteiger partial charge in [-0.15, -0.1) is 0 Å². The second kappa shape index (κ2) is 6.26. The molecule has 1 aromatic rings. The van der Waals surface area contributed by atoms with E-state index < -0.39 is 17.1 Å². The first-order valence-corrected chi connectivity index (χ1v) is 8.01. The highest BCUT2D eigenvalue weighted by Gasteiger charge is 2.45. The van der Waals surface area contributed by atoms with Crippen LogP contribution in [0.4, 0.5) is 4.79 Å². The van der Waals surface area contributed by atoms with Gasteiger partial charge in [0.25, 0.3) is 5.91 Å². The lowest BCUT2D eigenvalue weighted by molar-refractivity contribution is -0.142. The van der Waals surface area contributed by atoms with Gasteiger partial charge in [-0.3, -0.25) is 14.5 Å². The number of benzene rings is 1. The van der Waals surface area contributed by atoms with Gasteiger partial charge in [-0.2, -0.15) is 0 Å². The van der Waals surface area contributed by atoms with Gasteiger partial charge in [0.05, 0.1) is 0 Å². The molecule has 0 radical (unpaired) electrons. The Morgan fingerprint density at radius 1 is 1.17 bits per heavy atom. The summed E-state index contributed by atoms with van der Waals surface area (Å²) in [6.07, 6.45) is 0. The van der Waals surface area contributed by atoms with E-state index in [2.05, 4.69) is 5.32 Å². The molecule has 1 N–H and O–H groups in total. The van der Waals surface area contributed by atoms with Crippen LogP contribution in [0.1, 0.15) is 40.2 Å². The number of hydrogen-bond acceptors (Lipinski definition) is 3. The number of urea groups is 1. The molecule has 0 aromatic heterocycles. The number of nitrogens with zero attached hydrogens (tertiary/aromatic N) is 2. The van der Waals surface area contributed by atoms with Crippen LogP contribution in [0.15, 0.2) is 30.3 Å². The maximum atomic E-state index is 12.8. The number of amides is 4. The second-order valence-corrected chi connectivity index (χ2v) is 7.58. The molecule has 4 amide bonds. The van der Waals surface area contributed by atoms with Crippen molar-refractivity contribution in [1.29, 1.82) is 0 Å². The Kier molecular flexibility index (Phi) is 4.69. The molecule has 1 aliphatic rings. The highest BCUT2D eigenvalue weighted by Crippen LogP contribution is 2.21. The Morgan fingerprint density at radius 3 is 2.21 bits per heavy atom. The van der Waals surface area contributed by atoms with Gasteiger partial charge in [0.2, 0.25) is 5.91 Å². The maximum Gasteiger partial charge on any atom is 0.325 e. The van der Waals surface area contributed by atoms with E-state index >= 15 is 0 Å². The predicted octanol–water partition coefficient (Wildman–Crippen LogP) is 2.14. The fourth-order valence-corrected chi connectivity index (χ4v) is 2.65. The smallest absolute Gasteiger partial charge is 0.325 e. The van der Waals surface area contributed by atoms with E-state index in [-0.39, 0.29) is 18.4 Å². The lowest BCUT2D eigenvalue weighted by Gasteiger charge is -2.36. The topological polar surface area (TPSA) is 69.7 Å². The van der Waals surface area contributed by atoms with Gasteiger partial charge in [0, 0.05) is 12.1 Å². The minimum atomic E-state index is -0.969. The molecule has 0 bridgehead atoms. The summed E-state index contributed by atoms with van der Waals surface area (Å²) in [7, 11) is 0. The molecule has 6 nitrogen and oxygen atoms in total. The van der Waals surface area contributed by atoms with Crippen molar-refractivity contribution >= 4 is 17.8 Å². The van der Waals surface area contributed by atoms with E-state index in [1.54, 1.807) is 18.7 Å². The summed E-state index contributed by atoms with van der Waals surface area (Å²) in [6.45, 7) is 9.23. The largest absolute Gasteiger partial charge is 0.332 e. The van der Waals surface area contributed by atoms with Crippen molar-refractivity contribution < 1.29 is 14.4 Å². The molecular weight excluding hydrogens is 306 g/mol. The minimum Gasteiger partial charge on any atom is -0.332 e. The van der Waals surface area contributed by atoms with E-state index in [1.807, 2.05) is 51.1 Å². The Hall–Kier alpha value is -2.37. The normalized spacial score (nSPS) is 17.0. The van der Waals surface area contributed by atoms with Crippen LogP contribution in [-0.4, -0.2) is 45.3 Å². The first kappa shape index (κ1) is 18.0. The van der Waals surface area contributed by atoms with Crippen molar-refractivity contribution in [3.8, 4) is 0 Å². The van der Waals surface area contributed by atoms with Crippen LogP contribution >= 0.6 is 0 Å². The Bertz CT molecular complexity index is 647. The van der Waals surface area contributed by atoms with Gasteiger partial charge in [0.1, 0.15) is 12.1 Å². The number of hydrogen-bond donors (Lipinski definition) is 1. The zero-order chi connectivity index (χ0) is 18.1. The average molecular weight is 331 g/mol. The van der Waals surface area contributed by atoms with Crippen molar-refractivity contribution in [2.24, 2.45) is 0 Å². The summed E-state index contributed by atoms with van der Waals surface area (Å²) in [5, 5.41) is 2.59. The predicted molar refractivity (Wildman–Crippen MR) is 91.1 cm³/mol. The molecule has 1 saturated heterocycles. The van der Waals surface area contributed by atoms with Crippen LogP contribution in [0.3, 0.4) is 0 Å². The minimum absolute atomic E-state index is 0.252. The Morgan fingerprint density at radius 2 is 1.75 bits per heavy atom. The molecule has 1 aliphatic heterocycles. The van der Waals surface area contributed by atoms with Crippen molar-refractivity contribution in [2.45, 2.75) is 52.2 Å². The fourth-order valence-electron chi connectivity index (χ4n) is 2.65. The summed E-state index contributed by atoms with van der Waals surface area (Å²) in [5.74, 6) is -0.637. The van der Waals surface area contributed by atoms with Crippen LogP contribution in [0.2, 0.25) is 0 Å². The van der Waals surface area contributed by atoms with Gasteiger partial charge in [-0.25, -0.2) is 4.79 Å². The molecule has 2 rings (SSSR count). The SMILES string of the molecule is CC1(C)NC(=O)N(CC(=O)N(Cc2ccccc2)C(C)(C)C)C1=O. The van der Waals surface area contributed by atoms with Crippen molar-refractivity contribution in [1.82, 2.24) is 15.1 Å². The first-order chi connectivity index (χ1) is 11.0. The summed E-state index contributed by atoms with van der Waals surface area (Å²) in [4.78, 5) is 39.8. The molecule has 130 valence electrons. The number of carbonyl (C=O) groups is 3. The van der Waals surface area contributed by atoms with E-state index in [9.17, 15) is 14.4 Å². The zero-order valence-corrected chi connectivity index (χ0v) is 14.9. The maximum absolute atomic E-state index is 12.8. The zero-order valence-electron chi connectivity index (χ0n) is 14.9. The third kappa shape index (κ3) is 3.75. The third-order valence-electron chi connectivity index (χ3n) is 4.03. The molecule has 1 fully saturated rings. The Balaban J connectivity index is 2.17. The summed E-state index contributed by atoms with van der Waals surface area (Å²) >= 11 is 0. The van der Waals surface area contributed by atoms with Crippen LogP contribution < -0.4 is 5.32 Å². The molecule has 0 unspecified atom stereocenters. The van der Waals surface area contributed by atoms with E-state index in [4.69, 9.17) is 0 Å². The third-order valence-corrected chi connectivity index (χ3v) is 4.03. The molecule has 0 aliphatic carbocycles. The van der Waals surface area contributed by atoms with Gasteiger partial charge in [-0.1, -0.05) is 30.3 Å². The molecule has 24 heavy (non-hydrogen) atoms. The lowest BCUT2D eigenvalue weighted by Crippen LogP contribution is -2.50. The number of carbonyl (C=O) groups excluding carboxylic acids is 3. The van der Waals surface area contributed by atoms with Crippen LogP contribution in [0.25, 0.3) is 0 Å². The number of imide groups is 1. The molecule has 1 heterocycles. The number of rotatable bonds is 4. The summed E-state index contributed by atoms with van der Waals surface area (Å²) in [6, 6.07) is 9.13. The average Bonchev–Trinajstić information content (AvgIpc) is 2.66. The van der Waals surface area contributed by atoms with Crippen LogP contribution in [0.5, 0.6) is 0 Å². The van der Waals surface area contributed by atoms with Gasteiger partial charge in [-0.05, 0) is 40.2 Å². The Labute approximate surface area is 142 Å². The fraction of sp³-hybridized carbons (Fsp3) is 0.500. The number of nitrogens with one attached hydrogen (secondary N) is 1. The van der Waals surface area contributed by atoms with Crippen molar-refractivity contribution in [3.05, 3.63) is 35.9 Å². The first-order valence-electron chi connectivity index (χ1n) is 8.01. The second-order valence-electron chi connectivity index (χ2n) is 7.58. The molecule has 0 saturated carbocycles. The summed E-state index contributed by atoms with van der Waals surface area (Å²) < 4.78 is 0. The van der Waals surface area contributed by atoms with Gasteiger partial charge < -0.3 is 10.2 Å². The molecule has 0 spiro atoms. The molecular formula is C18H25N3O3. The van der Waals surface area contributed by atoms with Gasteiger partial charge >= 0.3 is 6.03 Å². The summed E-state index contributed by atoms with van der Waals surface area (Å²) in [5.41, 5.74) is -0.399. The highest BCUT2D eigenvalue weighted by molar-refractivity contribution is 6.08. The highest BCUT2D eigenvalue weighted by atomic mass is 16.2. The van der Waals surface area contributed by atoms with Crippen molar-refractivity contribution in [2.75, 3.05) is 6.54 Å². The monoisotopic (exact) mass is 331 g/mol. The standard InChI is InChI=1S/C18H25N3O3/c1-17(2,3)21(11-13-9-7-6-8-10-13)14(22)12-20-15(23)18(4,5)19-16(20)24/h6-10H,11-12H2,1-5H3,(H,19,24). The van der Waals surface area contributed by atoms with Gasteiger partial charge in [0.15, 0.2) is 0 Å². The van der Waals surface area contributed by atoms with Crippen LogP contribution in [0, 0.1) is 0 Å². The quantitative estimate of drug-likeness (QED) is 0.860.